The minimum Gasteiger partial charge on any atom is -0.542 e. The summed E-state index contributed by atoms with van der Waals surface area (Å²) in [6, 6.07) is 0. The lowest BCUT2D eigenvalue weighted by Gasteiger charge is -1.90. The second-order valence-corrected chi connectivity index (χ2v) is 2.96. The van der Waals surface area contributed by atoms with Gasteiger partial charge in [-0.25, -0.2) is 4.98 Å². The number of rotatable bonds is 1. The van der Waals surface area contributed by atoms with E-state index in [4.69, 9.17) is 0 Å². The number of hydrogen-bond donors (Lipinski definition) is 1. The van der Waals surface area contributed by atoms with Crippen molar-refractivity contribution in [2.45, 2.75) is 0 Å². The van der Waals surface area contributed by atoms with Crippen LogP contribution < -0.4 is 5.11 Å². The molecule has 0 N–H and O–H groups in total. The highest BCUT2D eigenvalue weighted by Gasteiger charge is 1.98. The molecular weight excluding hydrogens is 194 g/mol. The molecule has 1 aromatic rings. The van der Waals surface area contributed by atoms with E-state index in [-0.39, 0.29) is 5.01 Å². The van der Waals surface area contributed by atoms with Crippen LogP contribution in [-0.4, -0.2) is 16.7 Å². The van der Waals surface area contributed by atoms with Gasteiger partial charge in [-0.2, -0.15) is 12.6 Å². The van der Waals surface area contributed by atoms with E-state index < -0.39 is 5.97 Å². The smallest absolute Gasteiger partial charge is 0.140 e. The number of carbonyl (C=O) groups is 1. The van der Waals surface area contributed by atoms with Crippen LogP contribution in [0.1, 0.15) is 15.5 Å². The predicted molar refractivity (Wildman–Crippen MR) is 47.2 cm³/mol. The van der Waals surface area contributed by atoms with Gasteiger partial charge in [0.2, 0.25) is 0 Å². The van der Waals surface area contributed by atoms with E-state index in [9.17, 15) is 9.90 Å². The Bertz CT molecular complexity index is 348. The van der Waals surface area contributed by atoms with Crippen LogP contribution in [0.5, 0.6) is 0 Å². The minimum atomic E-state index is -1.26. The lowest BCUT2D eigenvalue weighted by molar-refractivity contribution is -0.255. The fourth-order valence-electron chi connectivity index (χ4n) is 0.555. The number of thiazole rings is 1. The predicted octanol–water partition coefficient (Wildman–Crippen LogP) is -0.212. The third kappa shape index (κ3) is 2.26. The van der Waals surface area contributed by atoms with Crippen LogP contribution in [-0.2, 0) is 0 Å². The van der Waals surface area contributed by atoms with Crippen molar-refractivity contribution in [3.8, 4) is 11.8 Å². The van der Waals surface area contributed by atoms with Gasteiger partial charge in [0.15, 0.2) is 0 Å². The topological polar surface area (TPSA) is 53.0 Å². The van der Waals surface area contributed by atoms with Gasteiger partial charge in [0.05, 0.1) is 5.75 Å². The van der Waals surface area contributed by atoms with E-state index in [1.807, 2.05) is 0 Å². The zero-order valence-corrected chi connectivity index (χ0v) is 7.61. The second-order valence-electron chi connectivity index (χ2n) is 1.79. The molecule has 0 unspecified atom stereocenters. The molecule has 0 fully saturated rings. The molecule has 1 aromatic heterocycles. The molecule has 0 spiro atoms. The first-order chi connectivity index (χ1) is 5.74. The lowest BCUT2D eigenvalue weighted by atomic mass is 10.5. The van der Waals surface area contributed by atoms with E-state index >= 15 is 0 Å². The van der Waals surface area contributed by atoms with E-state index in [1.54, 1.807) is 5.38 Å². The maximum Gasteiger partial charge on any atom is 0.140 e. The van der Waals surface area contributed by atoms with Crippen molar-refractivity contribution in [3.63, 3.8) is 0 Å². The van der Waals surface area contributed by atoms with Crippen LogP contribution in [0.2, 0.25) is 0 Å². The van der Waals surface area contributed by atoms with Crippen molar-refractivity contribution in [1.82, 2.24) is 4.98 Å². The van der Waals surface area contributed by atoms with Crippen LogP contribution >= 0.6 is 24.0 Å². The molecule has 0 aliphatic rings. The Balaban J connectivity index is 2.84. The Morgan fingerprint density at radius 3 is 3.08 bits per heavy atom. The van der Waals surface area contributed by atoms with Crippen molar-refractivity contribution in [2.24, 2.45) is 0 Å². The summed E-state index contributed by atoms with van der Waals surface area (Å²) in [6.45, 7) is 0. The molecule has 0 bridgehead atoms. The number of carboxylic acids is 1. The molecule has 0 saturated carbocycles. The summed E-state index contributed by atoms with van der Waals surface area (Å²) in [6.07, 6.45) is 0. The van der Waals surface area contributed by atoms with E-state index in [2.05, 4.69) is 29.5 Å². The minimum absolute atomic E-state index is 0.0431. The molecule has 5 heteroatoms. The molecule has 1 heterocycles. The summed E-state index contributed by atoms with van der Waals surface area (Å²) >= 11 is 4.88. The van der Waals surface area contributed by atoms with Crippen molar-refractivity contribution in [1.29, 1.82) is 0 Å². The zero-order valence-electron chi connectivity index (χ0n) is 5.90. The average Bonchev–Trinajstić information content (AvgIpc) is 2.48. The molecule has 12 heavy (non-hydrogen) atoms. The van der Waals surface area contributed by atoms with E-state index in [0.29, 0.717) is 11.4 Å². The van der Waals surface area contributed by atoms with Gasteiger partial charge in [-0.3, -0.25) is 0 Å². The van der Waals surface area contributed by atoms with Gasteiger partial charge < -0.3 is 9.90 Å². The standard InChI is InChI=1S/C7H5NO2S2/c9-7(10)6-8-5(4-12-6)2-1-3-11/h4,11H,3H2,(H,9,10)/p-1. The second kappa shape index (κ2) is 4.14. The number of aromatic carboxylic acids is 1. The zero-order chi connectivity index (χ0) is 8.97. The lowest BCUT2D eigenvalue weighted by Crippen LogP contribution is -2.21. The number of hydrogen-bond acceptors (Lipinski definition) is 5. The van der Waals surface area contributed by atoms with Crippen LogP contribution in [0.15, 0.2) is 5.38 Å². The molecule has 3 nitrogen and oxygen atoms in total. The monoisotopic (exact) mass is 198 g/mol. The SMILES string of the molecule is O=C([O-])c1nc(C#CCS)cs1. The van der Waals surface area contributed by atoms with Crippen LogP contribution in [0, 0.1) is 11.8 Å². The molecule has 62 valence electrons. The van der Waals surface area contributed by atoms with Gasteiger partial charge in [0.1, 0.15) is 16.7 Å². The van der Waals surface area contributed by atoms with E-state index in [1.165, 1.54) is 0 Å². The van der Waals surface area contributed by atoms with Crippen molar-refractivity contribution < 1.29 is 9.90 Å². The van der Waals surface area contributed by atoms with Crippen molar-refractivity contribution in [2.75, 3.05) is 5.75 Å². The van der Waals surface area contributed by atoms with Crippen molar-refractivity contribution in [3.05, 3.63) is 16.1 Å². The molecule has 0 aliphatic heterocycles. The van der Waals surface area contributed by atoms with Crippen LogP contribution in [0.25, 0.3) is 0 Å². The van der Waals surface area contributed by atoms with Crippen LogP contribution in [0.3, 0.4) is 0 Å². The summed E-state index contributed by atoms with van der Waals surface area (Å²) in [5.41, 5.74) is 0.452. The summed E-state index contributed by atoms with van der Waals surface area (Å²) in [5.74, 6) is 4.48. The first-order valence-corrected chi connectivity index (χ1v) is 4.52. The molecule has 1 rings (SSSR count). The van der Waals surface area contributed by atoms with Gasteiger partial charge in [0, 0.05) is 5.38 Å². The molecular formula is C7H4NO2S2-. The van der Waals surface area contributed by atoms with Crippen molar-refractivity contribution >= 4 is 29.9 Å². The number of aromatic nitrogens is 1. The Labute approximate surface area is 78.9 Å². The number of nitrogens with zero attached hydrogens (tertiary/aromatic N) is 1. The molecule has 0 saturated heterocycles. The normalized spacial score (nSPS) is 8.75. The Kier molecular flexibility index (Phi) is 3.14. The van der Waals surface area contributed by atoms with E-state index in [0.717, 1.165) is 11.3 Å². The quantitative estimate of drug-likeness (QED) is 0.501. The van der Waals surface area contributed by atoms with Gasteiger partial charge in [-0.15, -0.1) is 11.3 Å². The van der Waals surface area contributed by atoms with Gasteiger partial charge >= 0.3 is 0 Å². The first-order valence-electron chi connectivity index (χ1n) is 3.00. The summed E-state index contributed by atoms with van der Waals surface area (Å²) in [4.78, 5) is 14.0. The Morgan fingerprint density at radius 1 is 1.83 bits per heavy atom. The Hall–Kier alpha value is -0.990. The molecule has 0 radical (unpaired) electrons. The highest BCUT2D eigenvalue weighted by atomic mass is 32.1. The third-order valence-corrected chi connectivity index (χ3v) is 1.95. The Morgan fingerprint density at radius 2 is 2.58 bits per heavy atom. The summed E-state index contributed by atoms with van der Waals surface area (Å²) in [5, 5.41) is 11.8. The molecule has 0 atom stereocenters. The maximum absolute atomic E-state index is 10.3. The molecule has 0 aliphatic carbocycles. The fourth-order valence-corrected chi connectivity index (χ4v) is 1.22. The van der Waals surface area contributed by atoms with Gasteiger partial charge in [-0.05, 0) is 5.92 Å². The molecule has 0 aromatic carbocycles. The van der Waals surface area contributed by atoms with Gasteiger partial charge in [0.25, 0.3) is 0 Å². The first kappa shape index (κ1) is 9.10. The summed E-state index contributed by atoms with van der Waals surface area (Å²) in [7, 11) is 0. The fraction of sp³-hybridized carbons (Fsp3) is 0.143. The number of carbonyl (C=O) groups excluding carboxylic acids is 1. The van der Waals surface area contributed by atoms with Crippen LogP contribution in [0.4, 0.5) is 0 Å². The molecule has 0 amide bonds. The third-order valence-electron chi connectivity index (χ3n) is 0.974. The highest BCUT2D eigenvalue weighted by Crippen LogP contribution is 2.06. The van der Waals surface area contributed by atoms with Gasteiger partial charge in [-0.1, -0.05) is 5.92 Å². The largest absolute Gasteiger partial charge is 0.542 e. The highest BCUT2D eigenvalue weighted by molar-refractivity contribution is 7.80. The maximum atomic E-state index is 10.3. The average molecular weight is 198 g/mol. The summed E-state index contributed by atoms with van der Waals surface area (Å²) < 4.78 is 0. The number of carboxylic acid groups (broad SMARTS) is 1. The number of thiol groups is 1.